The van der Waals surface area contributed by atoms with Crippen LogP contribution >= 0.6 is 11.6 Å². The Hall–Kier alpha value is -2.53. The minimum atomic E-state index is -0.606. The molecule has 1 aliphatic rings. The molecule has 1 unspecified atom stereocenters. The summed E-state index contributed by atoms with van der Waals surface area (Å²) in [5, 5.41) is 3.66. The molecule has 2 aromatic carbocycles. The lowest BCUT2D eigenvalue weighted by Gasteiger charge is -2.33. The summed E-state index contributed by atoms with van der Waals surface area (Å²) in [7, 11) is 0. The van der Waals surface area contributed by atoms with E-state index in [1.54, 1.807) is 31.2 Å². The lowest BCUT2D eigenvalue weighted by molar-refractivity contribution is -0.128. The van der Waals surface area contributed by atoms with Crippen molar-refractivity contribution in [1.82, 2.24) is 10.2 Å². The first-order valence-corrected chi connectivity index (χ1v) is 10.8. The molecule has 5 nitrogen and oxygen atoms in total. The van der Waals surface area contributed by atoms with E-state index in [9.17, 15) is 9.59 Å². The quantitative estimate of drug-likeness (QED) is 0.728. The third-order valence-corrected chi connectivity index (χ3v) is 5.70. The van der Waals surface area contributed by atoms with E-state index in [-0.39, 0.29) is 17.9 Å². The van der Waals surface area contributed by atoms with Crippen molar-refractivity contribution in [2.24, 2.45) is 0 Å². The first kappa shape index (κ1) is 22.2. The summed E-state index contributed by atoms with van der Waals surface area (Å²) in [6, 6.07) is 14.8. The topological polar surface area (TPSA) is 58.6 Å². The van der Waals surface area contributed by atoms with Crippen LogP contribution in [0.4, 0.5) is 0 Å². The van der Waals surface area contributed by atoms with Crippen LogP contribution in [-0.2, 0) is 4.79 Å². The lowest BCUT2D eigenvalue weighted by atomic mass is 10.0. The minimum absolute atomic E-state index is 0.0427. The van der Waals surface area contributed by atoms with Gasteiger partial charge in [0.25, 0.3) is 11.8 Å². The standard InChI is InChI=1S/C24H29ClN2O3/c1-16(2)18-4-6-19(7-5-18)24(29)27-14-12-21(13-15-27)26-23(28)17(3)30-22-10-8-20(25)9-11-22/h4-11,16-17,21H,12-15H2,1-3H3,(H,26,28). The SMILES string of the molecule is CC(Oc1ccc(Cl)cc1)C(=O)NC1CCN(C(=O)c2ccc(C(C)C)cc2)CC1. The van der Waals surface area contributed by atoms with Crippen molar-refractivity contribution < 1.29 is 14.3 Å². The maximum atomic E-state index is 12.8. The molecule has 0 spiro atoms. The Labute approximate surface area is 183 Å². The van der Waals surface area contributed by atoms with Crippen LogP contribution in [0.25, 0.3) is 0 Å². The minimum Gasteiger partial charge on any atom is -0.481 e. The molecule has 0 aliphatic carbocycles. The first-order valence-electron chi connectivity index (χ1n) is 10.5. The smallest absolute Gasteiger partial charge is 0.260 e. The number of carbonyl (C=O) groups excluding carboxylic acids is 2. The van der Waals surface area contributed by atoms with E-state index in [1.165, 1.54) is 5.56 Å². The van der Waals surface area contributed by atoms with Crippen LogP contribution in [0, 0.1) is 0 Å². The largest absolute Gasteiger partial charge is 0.481 e. The number of halogens is 1. The first-order chi connectivity index (χ1) is 14.3. The van der Waals surface area contributed by atoms with Crippen LogP contribution in [0.3, 0.4) is 0 Å². The number of ether oxygens (including phenoxy) is 1. The molecule has 1 atom stereocenters. The van der Waals surface area contributed by atoms with Crippen molar-refractivity contribution in [3.63, 3.8) is 0 Å². The molecule has 2 aromatic rings. The third kappa shape index (κ3) is 5.76. The van der Waals surface area contributed by atoms with Gasteiger partial charge < -0.3 is 15.0 Å². The van der Waals surface area contributed by atoms with Gasteiger partial charge in [-0.1, -0.05) is 37.6 Å². The number of amides is 2. The fourth-order valence-electron chi connectivity index (χ4n) is 3.51. The van der Waals surface area contributed by atoms with Crippen LogP contribution in [0.1, 0.15) is 55.5 Å². The van der Waals surface area contributed by atoms with Crippen molar-refractivity contribution in [2.75, 3.05) is 13.1 Å². The molecule has 1 saturated heterocycles. The van der Waals surface area contributed by atoms with Crippen LogP contribution in [0.15, 0.2) is 48.5 Å². The van der Waals surface area contributed by atoms with Crippen LogP contribution in [0.5, 0.6) is 5.75 Å². The molecule has 6 heteroatoms. The summed E-state index contributed by atoms with van der Waals surface area (Å²) in [4.78, 5) is 27.1. The zero-order chi connectivity index (χ0) is 21.7. The summed E-state index contributed by atoms with van der Waals surface area (Å²) < 4.78 is 5.68. The van der Waals surface area contributed by atoms with E-state index in [0.29, 0.717) is 35.3 Å². The Morgan fingerprint density at radius 1 is 1.00 bits per heavy atom. The van der Waals surface area contributed by atoms with E-state index in [1.807, 2.05) is 29.2 Å². The van der Waals surface area contributed by atoms with Crippen molar-refractivity contribution in [3.05, 3.63) is 64.7 Å². The zero-order valence-corrected chi connectivity index (χ0v) is 18.5. The Morgan fingerprint density at radius 3 is 2.17 bits per heavy atom. The van der Waals surface area contributed by atoms with Gasteiger partial charge in [-0.15, -0.1) is 0 Å². The van der Waals surface area contributed by atoms with Crippen molar-refractivity contribution >= 4 is 23.4 Å². The molecule has 0 bridgehead atoms. The van der Waals surface area contributed by atoms with Crippen molar-refractivity contribution in [3.8, 4) is 5.75 Å². The fourth-order valence-corrected chi connectivity index (χ4v) is 3.64. The monoisotopic (exact) mass is 428 g/mol. The van der Waals surface area contributed by atoms with E-state index in [2.05, 4.69) is 19.2 Å². The number of nitrogens with zero attached hydrogens (tertiary/aromatic N) is 1. The molecule has 1 fully saturated rings. The van der Waals surface area contributed by atoms with Crippen LogP contribution in [0.2, 0.25) is 5.02 Å². The molecule has 1 heterocycles. The molecule has 1 N–H and O–H groups in total. The number of hydrogen-bond acceptors (Lipinski definition) is 3. The molecule has 30 heavy (non-hydrogen) atoms. The number of benzene rings is 2. The number of hydrogen-bond donors (Lipinski definition) is 1. The predicted molar refractivity (Wildman–Crippen MR) is 119 cm³/mol. The van der Waals surface area contributed by atoms with Gasteiger partial charge in [0, 0.05) is 29.7 Å². The van der Waals surface area contributed by atoms with Gasteiger partial charge >= 0.3 is 0 Å². The zero-order valence-electron chi connectivity index (χ0n) is 17.7. The highest BCUT2D eigenvalue weighted by Gasteiger charge is 2.26. The second kappa shape index (κ2) is 9.98. The lowest BCUT2D eigenvalue weighted by Crippen LogP contribution is -2.49. The van der Waals surface area contributed by atoms with E-state index >= 15 is 0 Å². The fraction of sp³-hybridized carbons (Fsp3) is 0.417. The van der Waals surface area contributed by atoms with Crippen LogP contribution < -0.4 is 10.1 Å². The highest BCUT2D eigenvalue weighted by atomic mass is 35.5. The Morgan fingerprint density at radius 2 is 1.60 bits per heavy atom. The number of nitrogens with one attached hydrogen (secondary N) is 1. The molecule has 1 aliphatic heterocycles. The van der Waals surface area contributed by atoms with Gasteiger partial charge in [-0.3, -0.25) is 9.59 Å². The predicted octanol–water partition coefficient (Wildman–Crippen LogP) is 4.65. The summed E-state index contributed by atoms with van der Waals surface area (Å²) in [5.41, 5.74) is 1.94. The van der Waals surface area contributed by atoms with Gasteiger partial charge in [-0.25, -0.2) is 0 Å². The van der Waals surface area contributed by atoms with E-state index in [0.717, 1.165) is 12.8 Å². The molecule has 160 valence electrons. The molecular formula is C24H29ClN2O3. The van der Waals surface area contributed by atoms with Gasteiger partial charge in [-0.2, -0.15) is 0 Å². The van der Waals surface area contributed by atoms with E-state index in [4.69, 9.17) is 16.3 Å². The normalized spacial score (nSPS) is 15.7. The number of rotatable bonds is 6. The van der Waals surface area contributed by atoms with Gasteiger partial charge in [0.05, 0.1) is 0 Å². The van der Waals surface area contributed by atoms with Gasteiger partial charge in [-0.05, 0) is 67.6 Å². The maximum absolute atomic E-state index is 12.8. The molecule has 3 rings (SSSR count). The molecular weight excluding hydrogens is 400 g/mol. The highest BCUT2D eigenvalue weighted by molar-refractivity contribution is 6.30. The number of piperidine rings is 1. The van der Waals surface area contributed by atoms with Crippen molar-refractivity contribution in [2.45, 2.75) is 51.7 Å². The van der Waals surface area contributed by atoms with Gasteiger partial charge in [0.15, 0.2) is 6.10 Å². The molecule has 0 saturated carbocycles. The average molecular weight is 429 g/mol. The summed E-state index contributed by atoms with van der Waals surface area (Å²) in [6.45, 7) is 7.25. The second-order valence-corrected chi connectivity index (χ2v) is 8.50. The van der Waals surface area contributed by atoms with E-state index < -0.39 is 6.10 Å². The average Bonchev–Trinajstić information content (AvgIpc) is 2.75. The Bertz CT molecular complexity index is 857. The maximum Gasteiger partial charge on any atom is 0.260 e. The summed E-state index contributed by atoms with van der Waals surface area (Å²) in [6.07, 6.45) is 0.857. The van der Waals surface area contributed by atoms with Crippen LogP contribution in [-0.4, -0.2) is 41.9 Å². The third-order valence-electron chi connectivity index (χ3n) is 5.45. The van der Waals surface area contributed by atoms with Gasteiger partial charge in [0.2, 0.25) is 0 Å². The summed E-state index contributed by atoms with van der Waals surface area (Å²) >= 11 is 5.87. The molecule has 0 aromatic heterocycles. The van der Waals surface area contributed by atoms with Gasteiger partial charge in [0.1, 0.15) is 5.75 Å². The Kier molecular flexibility index (Phi) is 7.38. The highest BCUT2D eigenvalue weighted by Crippen LogP contribution is 2.19. The molecule has 0 radical (unpaired) electrons. The number of carbonyl (C=O) groups is 2. The molecule has 2 amide bonds. The van der Waals surface area contributed by atoms with Crippen molar-refractivity contribution in [1.29, 1.82) is 0 Å². The Balaban J connectivity index is 1.47. The summed E-state index contributed by atoms with van der Waals surface area (Å²) in [5.74, 6) is 0.944. The number of likely N-dealkylation sites (tertiary alicyclic amines) is 1. The second-order valence-electron chi connectivity index (χ2n) is 8.07.